The van der Waals surface area contributed by atoms with Crippen LogP contribution < -0.4 is 9.47 Å². The molecule has 138 valence electrons. The highest BCUT2D eigenvalue weighted by molar-refractivity contribution is 5.78. The molecule has 0 unspecified atom stereocenters. The van der Waals surface area contributed by atoms with E-state index in [1.54, 1.807) is 50.0 Å². The minimum absolute atomic E-state index is 0.00791. The maximum Gasteiger partial charge on any atom is 0.260 e. The maximum absolute atomic E-state index is 12.6. The summed E-state index contributed by atoms with van der Waals surface area (Å²) in [6.07, 6.45) is 6.62. The third-order valence-electron chi connectivity index (χ3n) is 4.32. The monoisotopic (exact) mass is 357 g/mol. The molecule has 0 saturated carbocycles. The summed E-state index contributed by atoms with van der Waals surface area (Å²) >= 11 is 0. The lowest BCUT2D eigenvalue weighted by Crippen LogP contribution is -2.50. The largest absolute Gasteiger partial charge is 0.497 e. The minimum Gasteiger partial charge on any atom is -0.497 e. The van der Waals surface area contributed by atoms with Gasteiger partial charge < -0.3 is 19.1 Å². The van der Waals surface area contributed by atoms with Gasteiger partial charge in [-0.25, -0.2) is 0 Å². The first-order valence-electron chi connectivity index (χ1n) is 8.65. The van der Waals surface area contributed by atoms with E-state index in [2.05, 4.69) is 9.97 Å². The second-order valence-corrected chi connectivity index (χ2v) is 6.02. The van der Waals surface area contributed by atoms with Gasteiger partial charge in [-0.2, -0.15) is 0 Å². The Morgan fingerprint density at radius 2 is 2.08 bits per heavy atom. The molecule has 0 spiro atoms. The Labute approximate surface area is 152 Å². The van der Waals surface area contributed by atoms with Gasteiger partial charge in [0.05, 0.1) is 32.1 Å². The van der Waals surface area contributed by atoms with Crippen LogP contribution in [0.4, 0.5) is 0 Å². The number of morpholine rings is 1. The van der Waals surface area contributed by atoms with Crippen LogP contribution in [0, 0.1) is 0 Å². The summed E-state index contributed by atoms with van der Waals surface area (Å²) < 4.78 is 16.3. The van der Waals surface area contributed by atoms with Crippen molar-refractivity contribution >= 4 is 5.91 Å². The van der Waals surface area contributed by atoms with Gasteiger partial charge in [0.25, 0.3) is 5.91 Å². The number of ether oxygens (including phenoxy) is 3. The van der Waals surface area contributed by atoms with Crippen molar-refractivity contribution in [3.8, 4) is 11.5 Å². The lowest BCUT2D eigenvalue weighted by molar-refractivity contribution is -0.142. The fraction of sp³-hybridized carbons (Fsp3) is 0.421. The highest BCUT2D eigenvalue weighted by Gasteiger charge is 2.27. The predicted octanol–water partition coefficient (Wildman–Crippen LogP) is 1.72. The van der Waals surface area contributed by atoms with E-state index >= 15 is 0 Å². The lowest BCUT2D eigenvalue weighted by Gasteiger charge is -2.35. The molecule has 1 amide bonds. The Hall–Kier alpha value is -2.67. The maximum atomic E-state index is 12.6. The quantitative estimate of drug-likeness (QED) is 0.751. The van der Waals surface area contributed by atoms with Crippen molar-refractivity contribution in [3.05, 3.63) is 48.5 Å². The second kappa shape index (κ2) is 9.15. The summed E-state index contributed by atoms with van der Waals surface area (Å²) in [6.45, 7) is 1.67. The third kappa shape index (κ3) is 4.92. The molecular weight excluding hydrogens is 334 g/mol. The second-order valence-electron chi connectivity index (χ2n) is 6.02. The fourth-order valence-electron chi connectivity index (χ4n) is 2.90. The van der Waals surface area contributed by atoms with Crippen molar-refractivity contribution in [2.45, 2.75) is 18.9 Å². The first-order chi connectivity index (χ1) is 12.8. The molecule has 0 N–H and O–H groups in total. The van der Waals surface area contributed by atoms with Crippen molar-refractivity contribution < 1.29 is 19.0 Å². The van der Waals surface area contributed by atoms with Crippen molar-refractivity contribution in [1.82, 2.24) is 14.9 Å². The van der Waals surface area contributed by atoms with Crippen LogP contribution in [0.25, 0.3) is 0 Å². The zero-order chi connectivity index (χ0) is 18.2. The van der Waals surface area contributed by atoms with Gasteiger partial charge in [-0.15, -0.1) is 0 Å². The molecule has 1 fully saturated rings. The van der Waals surface area contributed by atoms with Gasteiger partial charge in [0.2, 0.25) is 0 Å². The number of carbonyl (C=O) groups excluding carboxylic acids is 1. The van der Waals surface area contributed by atoms with E-state index in [4.69, 9.17) is 14.2 Å². The van der Waals surface area contributed by atoms with E-state index in [9.17, 15) is 4.79 Å². The van der Waals surface area contributed by atoms with Crippen LogP contribution in [0.3, 0.4) is 0 Å². The zero-order valence-corrected chi connectivity index (χ0v) is 14.8. The molecule has 0 aliphatic carbocycles. The normalized spacial score (nSPS) is 17.0. The number of methoxy groups -OCH3 is 1. The summed E-state index contributed by atoms with van der Waals surface area (Å²) in [5.41, 5.74) is 0.917. The van der Waals surface area contributed by atoms with Crippen LogP contribution in [0.5, 0.6) is 11.5 Å². The van der Waals surface area contributed by atoms with Crippen LogP contribution >= 0.6 is 0 Å². The molecule has 3 rings (SSSR count). The van der Waals surface area contributed by atoms with E-state index in [0.717, 1.165) is 24.3 Å². The molecule has 1 aliphatic heterocycles. The first-order valence-corrected chi connectivity index (χ1v) is 8.65. The number of hydrogen-bond acceptors (Lipinski definition) is 6. The molecule has 0 bridgehead atoms. The van der Waals surface area contributed by atoms with Gasteiger partial charge in [-0.05, 0) is 37.1 Å². The van der Waals surface area contributed by atoms with E-state index in [-0.39, 0.29) is 18.6 Å². The number of carbonyl (C=O) groups is 1. The van der Waals surface area contributed by atoms with Crippen molar-refractivity contribution in [1.29, 1.82) is 0 Å². The van der Waals surface area contributed by atoms with Gasteiger partial charge in [-0.1, -0.05) is 0 Å². The molecule has 1 saturated heterocycles. The Bertz CT molecular complexity index is 694. The van der Waals surface area contributed by atoms with E-state index in [0.29, 0.717) is 25.5 Å². The van der Waals surface area contributed by atoms with Crippen LogP contribution in [-0.4, -0.2) is 60.3 Å². The Balaban J connectivity index is 1.53. The number of rotatable bonds is 7. The van der Waals surface area contributed by atoms with Crippen LogP contribution in [-0.2, 0) is 16.0 Å². The van der Waals surface area contributed by atoms with E-state index in [1.807, 2.05) is 4.90 Å². The van der Waals surface area contributed by atoms with E-state index < -0.39 is 0 Å². The SMILES string of the molecule is COc1ccc(OCC(=O)N2CCOC[C@@H]2CCc2cnccn2)cc1. The summed E-state index contributed by atoms with van der Waals surface area (Å²) in [7, 11) is 1.61. The summed E-state index contributed by atoms with van der Waals surface area (Å²) in [4.78, 5) is 22.8. The van der Waals surface area contributed by atoms with Gasteiger partial charge in [0.15, 0.2) is 6.61 Å². The Morgan fingerprint density at radius 3 is 2.81 bits per heavy atom. The van der Waals surface area contributed by atoms with Gasteiger partial charge in [0.1, 0.15) is 11.5 Å². The van der Waals surface area contributed by atoms with Crippen LogP contribution in [0.15, 0.2) is 42.9 Å². The molecule has 26 heavy (non-hydrogen) atoms. The summed E-state index contributed by atoms with van der Waals surface area (Å²) in [5, 5.41) is 0. The number of aryl methyl sites for hydroxylation is 1. The van der Waals surface area contributed by atoms with Crippen molar-refractivity contribution in [3.63, 3.8) is 0 Å². The molecular formula is C19H23N3O4. The number of hydrogen-bond donors (Lipinski definition) is 0. The topological polar surface area (TPSA) is 73.8 Å². The van der Waals surface area contributed by atoms with Crippen molar-refractivity contribution in [2.75, 3.05) is 33.5 Å². The number of nitrogens with zero attached hydrogens (tertiary/aromatic N) is 3. The number of aromatic nitrogens is 2. The molecule has 0 radical (unpaired) electrons. The molecule has 7 nitrogen and oxygen atoms in total. The third-order valence-corrected chi connectivity index (χ3v) is 4.32. The van der Waals surface area contributed by atoms with Crippen LogP contribution in [0.2, 0.25) is 0 Å². The first kappa shape index (κ1) is 18.1. The standard InChI is InChI=1S/C19H23N3O4/c1-24-17-4-6-18(7-5-17)26-14-19(23)22-10-11-25-13-16(22)3-2-15-12-20-8-9-21-15/h4-9,12,16H,2-3,10-11,13-14H2,1H3/t16-/m0/s1. The molecule has 2 aromatic rings. The average Bonchev–Trinajstić information content (AvgIpc) is 2.72. The molecule has 1 atom stereocenters. The van der Waals surface area contributed by atoms with Gasteiger partial charge in [-0.3, -0.25) is 14.8 Å². The summed E-state index contributed by atoms with van der Waals surface area (Å²) in [6, 6.07) is 7.21. The lowest BCUT2D eigenvalue weighted by atomic mass is 10.1. The highest BCUT2D eigenvalue weighted by Crippen LogP contribution is 2.18. The molecule has 2 heterocycles. The van der Waals surface area contributed by atoms with Crippen LogP contribution in [0.1, 0.15) is 12.1 Å². The van der Waals surface area contributed by atoms with E-state index in [1.165, 1.54) is 0 Å². The molecule has 1 aromatic carbocycles. The predicted molar refractivity (Wildman–Crippen MR) is 95.2 cm³/mol. The highest BCUT2D eigenvalue weighted by atomic mass is 16.5. The minimum atomic E-state index is -0.0340. The van der Waals surface area contributed by atoms with Gasteiger partial charge in [0, 0.05) is 25.1 Å². The van der Waals surface area contributed by atoms with Gasteiger partial charge >= 0.3 is 0 Å². The Kier molecular flexibility index (Phi) is 6.38. The Morgan fingerprint density at radius 1 is 1.27 bits per heavy atom. The fourth-order valence-corrected chi connectivity index (χ4v) is 2.90. The summed E-state index contributed by atoms with van der Waals surface area (Å²) in [5.74, 6) is 1.36. The molecule has 1 aromatic heterocycles. The number of benzene rings is 1. The molecule has 1 aliphatic rings. The average molecular weight is 357 g/mol. The number of amides is 1. The van der Waals surface area contributed by atoms with Crippen molar-refractivity contribution in [2.24, 2.45) is 0 Å². The zero-order valence-electron chi connectivity index (χ0n) is 14.8. The molecule has 7 heteroatoms. The smallest absolute Gasteiger partial charge is 0.260 e.